The van der Waals surface area contributed by atoms with Crippen LogP contribution in [-0.2, 0) is 0 Å². The summed E-state index contributed by atoms with van der Waals surface area (Å²) in [7, 11) is 0. The Balaban J connectivity index is 1.90. The summed E-state index contributed by atoms with van der Waals surface area (Å²) in [5, 5.41) is 10.2. The normalized spacial score (nSPS) is 14.5. The highest BCUT2D eigenvalue weighted by atomic mass is 16.3. The number of rotatable bonds is 3. The molecule has 0 radical (unpaired) electrons. The van der Waals surface area contributed by atoms with E-state index in [9.17, 15) is 14.7 Å². The molecule has 6 heteroatoms. The van der Waals surface area contributed by atoms with E-state index in [0.29, 0.717) is 5.57 Å². The molecule has 0 atom stereocenters. The molecule has 27 heavy (non-hydrogen) atoms. The number of fused-ring (bicyclic) bond motifs is 1. The second-order valence-corrected chi connectivity index (χ2v) is 5.98. The van der Waals surface area contributed by atoms with Crippen LogP contribution in [-0.4, -0.2) is 21.3 Å². The van der Waals surface area contributed by atoms with Gasteiger partial charge in [0.05, 0.1) is 5.69 Å². The highest BCUT2D eigenvalue weighted by Crippen LogP contribution is 2.32. The Morgan fingerprint density at radius 3 is 2.48 bits per heavy atom. The Labute approximate surface area is 153 Å². The second-order valence-electron chi connectivity index (χ2n) is 5.98. The molecule has 4 rings (SSSR count). The van der Waals surface area contributed by atoms with E-state index >= 15 is 0 Å². The molecule has 0 unspecified atom stereocenters. The number of aliphatic imine (C=N–C) groups is 1. The third-order valence-corrected chi connectivity index (χ3v) is 4.26. The molecule has 0 aliphatic carbocycles. The number of nitrogens with zero attached hydrogens (tertiary/aromatic N) is 1. The molecular formula is C21H15N3O3. The highest BCUT2D eigenvalue weighted by Gasteiger charge is 2.16. The first-order valence-corrected chi connectivity index (χ1v) is 8.30. The molecule has 132 valence electrons. The van der Waals surface area contributed by atoms with Crippen LogP contribution < -0.4 is 11.2 Å². The predicted molar refractivity (Wildman–Crippen MR) is 105 cm³/mol. The zero-order chi connectivity index (χ0) is 18.8. The molecular weight excluding hydrogens is 342 g/mol. The average Bonchev–Trinajstić information content (AvgIpc) is 3.07. The summed E-state index contributed by atoms with van der Waals surface area (Å²) in [5.41, 5.74) is 2.54. The van der Waals surface area contributed by atoms with Crippen LogP contribution in [0, 0.1) is 0 Å². The molecule has 2 heterocycles. The van der Waals surface area contributed by atoms with Gasteiger partial charge in [0.1, 0.15) is 5.56 Å². The van der Waals surface area contributed by atoms with Crippen molar-refractivity contribution in [3.63, 3.8) is 0 Å². The molecule has 0 fully saturated rings. The van der Waals surface area contributed by atoms with E-state index in [1.807, 2.05) is 60.7 Å². The fourth-order valence-corrected chi connectivity index (χ4v) is 3.01. The third-order valence-electron chi connectivity index (χ3n) is 4.26. The van der Waals surface area contributed by atoms with E-state index < -0.39 is 17.1 Å². The van der Waals surface area contributed by atoms with E-state index in [1.165, 1.54) is 0 Å². The minimum atomic E-state index is -0.760. The van der Waals surface area contributed by atoms with Crippen LogP contribution in [0.2, 0.25) is 0 Å². The maximum atomic E-state index is 12.3. The Hall–Kier alpha value is -3.93. The van der Waals surface area contributed by atoms with Crippen LogP contribution in [0.15, 0.2) is 81.3 Å². The van der Waals surface area contributed by atoms with E-state index in [0.717, 1.165) is 22.4 Å². The lowest BCUT2D eigenvalue weighted by Gasteiger charge is -2.08. The van der Waals surface area contributed by atoms with Crippen molar-refractivity contribution in [2.75, 3.05) is 0 Å². The highest BCUT2D eigenvalue weighted by molar-refractivity contribution is 6.17. The topological polar surface area (TPSA) is 98.3 Å². The van der Waals surface area contributed by atoms with Gasteiger partial charge in [0.2, 0.25) is 5.88 Å². The van der Waals surface area contributed by atoms with Crippen molar-refractivity contribution in [1.29, 1.82) is 0 Å². The molecule has 0 saturated carbocycles. The van der Waals surface area contributed by atoms with Crippen LogP contribution >= 0.6 is 0 Å². The lowest BCUT2D eigenvalue weighted by Crippen LogP contribution is -2.24. The number of hydrogen-bond acceptors (Lipinski definition) is 4. The van der Waals surface area contributed by atoms with Gasteiger partial charge in [-0.1, -0.05) is 60.7 Å². The molecule has 6 nitrogen and oxygen atoms in total. The number of allylic oxidation sites excluding steroid dienone is 3. The van der Waals surface area contributed by atoms with Gasteiger partial charge in [0.15, 0.2) is 0 Å². The first-order valence-electron chi connectivity index (χ1n) is 8.30. The third kappa shape index (κ3) is 3.16. The summed E-state index contributed by atoms with van der Waals surface area (Å²) in [5.74, 6) is -0.474. The van der Waals surface area contributed by atoms with Gasteiger partial charge in [-0.05, 0) is 17.2 Å². The van der Waals surface area contributed by atoms with Gasteiger partial charge in [-0.2, -0.15) is 0 Å². The lowest BCUT2D eigenvalue weighted by molar-refractivity contribution is 0.446. The van der Waals surface area contributed by atoms with E-state index in [4.69, 9.17) is 0 Å². The molecule has 3 aromatic rings. The SMILES string of the molecule is O=c1[nH]c(O)c(/C(=C/C=C2\C=Nc3ccccc32)c2ccccc2)c(=O)[nH]1. The average molecular weight is 357 g/mol. The minimum absolute atomic E-state index is 0.000806. The molecule has 0 spiro atoms. The lowest BCUT2D eigenvalue weighted by atomic mass is 9.98. The Kier molecular flexibility index (Phi) is 4.14. The number of aromatic hydroxyl groups is 1. The Bertz CT molecular complexity index is 1220. The van der Waals surface area contributed by atoms with Crippen LogP contribution in [0.1, 0.15) is 16.7 Å². The number of para-hydroxylation sites is 1. The van der Waals surface area contributed by atoms with Crippen molar-refractivity contribution >= 4 is 23.0 Å². The van der Waals surface area contributed by atoms with Gasteiger partial charge in [-0.3, -0.25) is 19.8 Å². The molecule has 1 aliphatic rings. The maximum Gasteiger partial charge on any atom is 0.328 e. The van der Waals surface area contributed by atoms with Gasteiger partial charge in [0, 0.05) is 17.4 Å². The molecule has 3 N–H and O–H groups in total. The molecule has 1 aromatic heterocycles. The van der Waals surface area contributed by atoms with Crippen molar-refractivity contribution in [2.45, 2.75) is 0 Å². The number of benzene rings is 2. The zero-order valence-corrected chi connectivity index (χ0v) is 14.1. The maximum absolute atomic E-state index is 12.3. The molecule has 2 aromatic carbocycles. The van der Waals surface area contributed by atoms with Crippen molar-refractivity contribution in [3.05, 3.63) is 104 Å². The monoisotopic (exact) mass is 357 g/mol. The van der Waals surface area contributed by atoms with Crippen molar-refractivity contribution in [3.8, 4) is 5.88 Å². The minimum Gasteiger partial charge on any atom is -0.494 e. The van der Waals surface area contributed by atoms with Crippen LogP contribution in [0.3, 0.4) is 0 Å². The van der Waals surface area contributed by atoms with Gasteiger partial charge in [-0.25, -0.2) is 4.79 Å². The number of aromatic nitrogens is 2. The largest absolute Gasteiger partial charge is 0.494 e. The van der Waals surface area contributed by atoms with Crippen LogP contribution in [0.4, 0.5) is 5.69 Å². The summed E-state index contributed by atoms with van der Waals surface area (Å²) < 4.78 is 0. The molecule has 0 amide bonds. The van der Waals surface area contributed by atoms with E-state index in [-0.39, 0.29) is 5.56 Å². The fraction of sp³-hybridized carbons (Fsp3) is 0. The molecule has 1 aliphatic heterocycles. The van der Waals surface area contributed by atoms with Gasteiger partial charge < -0.3 is 5.11 Å². The van der Waals surface area contributed by atoms with Crippen LogP contribution in [0.5, 0.6) is 5.88 Å². The first-order chi connectivity index (χ1) is 13.1. The summed E-state index contributed by atoms with van der Waals surface area (Å²) in [4.78, 5) is 32.5. The van der Waals surface area contributed by atoms with Gasteiger partial charge >= 0.3 is 5.69 Å². The Morgan fingerprint density at radius 1 is 0.963 bits per heavy atom. The Morgan fingerprint density at radius 2 is 1.70 bits per heavy atom. The first kappa shape index (κ1) is 16.5. The number of nitrogens with one attached hydrogen (secondary N) is 2. The quantitative estimate of drug-likeness (QED) is 0.672. The zero-order valence-electron chi connectivity index (χ0n) is 14.1. The van der Waals surface area contributed by atoms with Crippen molar-refractivity contribution in [2.24, 2.45) is 4.99 Å². The number of hydrogen-bond donors (Lipinski definition) is 3. The standard InChI is InChI=1S/C21H15N3O3/c25-19-18(20(26)24-21(27)23-19)16(13-6-2-1-3-7-13)11-10-14-12-22-17-9-5-4-8-15(14)17/h1-12H,(H3,23,24,25,26,27)/b14-10+,16-11+. The van der Waals surface area contributed by atoms with Gasteiger partial charge in [-0.15, -0.1) is 0 Å². The summed E-state index contributed by atoms with van der Waals surface area (Å²) in [6.45, 7) is 0. The number of H-pyrrole nitrogens is 2. The summed E-state index contributed by atoms with van der Waals surface area (Å²) in [6, 6.07) is 16.9. The van der Waals surface area contributed by atoms with Crippen molar-refractivity contribution < 1.29 is 5.11 Å². The van der Waals surface area contributed by atoms with E-state index in [1.54, 1.807) is 12.3 Å². The van der Waals surface area contributed by atoms with Crippen molar-refractivity contribution in [1.82, 2.24) is 9.97 Å². The fourth-order valence-electron chi connectivity index (χ4n) is 3.01. The molecule has 0 bridgehead atoms. The van der Waals surface area contributed by atoms with E-state index in [2.05, 4.69) is 15.0 Å². The smallest absolute Gasteiger partial charge is 0.328 e. The molecule has 0 saturated heterocycles. The van der Waals surface area contributed by atoms with Gasteiger partial charge in [0.25, 0.3) is 5.56 Å². The summed E-state index contributed by atoms with van der Waals surface area (Å²) >= 11 is 0. The summed E-state index contributed by atoms with van der Waals surface area (Å²) in [6.07, 6.45) is 5.32. The van der Waals surface area contributed by atoms with Crippen LogP contribution in [0.25, 0.3) is 11.1 Å². The predicted octanol–water partition coefficient (Wildman–Crippen LogP) is 3.00. The second kappa shape index (κ2) is 6.76. The number of aromatic amines is 2.